The molecule has 0 aromatic heterocycles. The standard InChI is InChI=1S/C15H20O3/c1-4-18-13(16)14(2,3)15(17)10-9-11-7-5-6-8-12(11)15/h5-8,17H,4,9-10H2,1-3H3. The van der Waals surface area contributed by atoms with E-state index in [2.05, 4.69) is 0 Å². The summed E-state index contributed by atoms with van der Waals surface area (Å²) in [6, 6.07) is 7.77. The second-order valence-electron chi connectivity index (χ2n) is 5.36. The molecule has 1 aromatic carbocycles. The number of fused-ring (bicyclic) bond motifs is 1. The third-order valence-electron chi connectivity index (χ3n) is 4.04. The molecule has 1 atom stereocenters. The molecule has 0 radical (unpaired) electrons. The summed E-state index contributed by atoms with van der Waals surface area (Å²) in [5.41, 5.74) is -0.0775. The van der Waals surface area contributed by atoms with Gasteiger partial charge in [0, 0.05) is 0 Å². The maximum absolute atomic E-state index is 12.1. The van der Waals surface area contributed by atoms with Gasteiger partial charge in [-0.3, -0.25) is 4.79 Å². The molecule has 3 heteroatoms. The van der Waals surface area contributed by atoms with Crippen LogP contribution >= 0.6 is 0 Å². The summed E-state index contributed by atoms with van der Waals surface area (Å²) in [5.74, 6) is -0.343. The van der Waals surface area contributed by atoms with E-state index in [9.17, 15) is 9.90 Å². The van der Waals surface area contributed by atoms with Crippen LogP contribution in [0, 0.1) is 5.41 Å². The van der Waals surface area contributed by atoms with Gasteiger partial charge in [0.1, 0.15) is 5.60 Å². The summed E-state index contributed by atoms with van der Waals surface area (Å²) in [4.78, 5) is 12.1. The molecule has 1 aliphatic carbocycles. The maximum atomic E-state index is 12.1. The average Bonchev–Trinajstić information content (AvgIpc) is 2.70. The molecule has 18 heavy (non-hydrogen) atoms. The van der Waals surface area contributed by atoms with Crippen LogP contribution < -0.4 is 0 Å². The molecule has 0 fully saturated rings. The molecule has 98 valence electrons. The first-order valence-electron chi connectivity index (χ1n) is 6.41. The number of aliphatic hydroxyl groups is 1. The van der Waals surface area contributed by atoms with Crippen LogP contribution in [0.5, 0.6) is 0 Å². The zero-order chi connectivity index (χ0) is 13.4. The van der Waals surface area contributed by atoms with Crippen molar-refractivity contribution in [2.45, 2.75) is 39.2 Å². The van der Waals surface area contributed by atoms with Crippen LogP contribution in [0.2, 0.25) is 0 Å². The number of esters is 1. The second kappa shape index (κ2) is 4.39. The highest BCUT2D eigenvalue weighted by Gasteiger charge is 2.53. The molecule has 1 aromatic rings. The highest BCUT2D eigenvalue weighted by atomic mass is 16.5. The molecule has 0 heterocycles. The van der Waals surface area contributed by atoms with Crippen LogP contribution in [0.1, 0.15) is 38.3 Å². The van der Waals surface area contributed by atoms with Gasteiger partial charge in [0.2, 0.25) is 0 Å². The molecule has 3 nitrogen and oxygen atoms in total. The molecule has 0 saturated heterocycles. The second-order valence-corrected chi connectivity index (χ2v) is 5.36. The lowest BCUT2D eigenvalue weighted by molar-refractivity contribution is -0.172. The van der Waals surface area contributed by atoms with E-state index in [0.717, 1.165) is 17.5 Å². The summed E-state index contributed by atoms with van der Waals surface area (Å²) < 4.78 is 5.10. The van der Waals surface area contributed by atoms with Gasteiger partial charge in [-0.15, -0.1) is 0 Å². The molecule has 2 rings (SSSR count). The highest BCUT2D eigenvalue weighted by Crippen LogP contribution is 2.49. The molecule has 1 aliphatic rings. The van der Waals surface area contributed by atoms with Crippen LogP contribution in [-0.4, -0.2) is 17.7 Å². The van der Waals surface area contributed by atoms with Crippen molar-refractivity contribution in [3.05, 3.63) is 35.4 Å². The van der Waals surface area contributed by atoms with Gasteiger partial charge in [-0.05, 0) is 44.7 Å². The fourth-order valence-corrected chi connectivity index (χ4v) is 2.72. The van der Waals surface area contributed by atoms with Gasteiger partial charge in [0.05, 0.1) is 12.0 Å². The van der Waals surface area contributed by atoms with Crippen molar-refractivity contribution >= 4 is 5.97 Å². The van der Waals surface area contributed by atoms with Crippen LogP contribution in [0.15, 0.2) is 24.3 Å². The minimum atomic E-state index is -1.13. The number of rotatable bonds is 3. The normalized spacial score (nSPS) is 22.7. The van der Waals surface area contributed by atoms with E-state index in [1.54, 1.807) is 20.8 Å². The molecule has 0 saturated carbocycles. The quantitative estimate of drug-likeness (QED) is 0.836. The number of carbonyl (C=O) groups excluding carboxylic acids is 1. The van der Waals surface area contributed by atoms with E-state index < -0.39 is 11.0 Å². The van der Waals surface area contributed by atoms with Gasteiger partial charge < -0.3 is 9.84 Å². The van der Waals surface area contributed by atoms with Crippen molar-refractivity contribution in [2.75, 3.05) is 6.61 Å². The Bertz CT molecular complexity index is 465. The van der Waals surface area contributed by atoms with E-state index in [4.69, 9.17) is 4.74 Å². The van der Waals surface area contributed by atoms with Gasteiger partial charge in [-0.1, -0.05) is 24.3 Å². The van der Waals surface area contributed by atoms with Gasteiger partial charge in [-0.2, -0.15) is 0 Å². The smallest absolute Gasteiger partial charge is 0.314 e. The van der Waals surface area contributed by atoms with E-state index in [1.807, 2.05) is 24.3 Å². The summed E-state index contributed by atoms with van der Waals surface area (Å²) in [7, 11) is 0. The molecule has 0 amide bonds. The molecule has 0 aliphatic heterocycles. The van der Waals surface area contributed by atoms with E-state index in [0.29, 0.717) is 13.0 Å². The summed E-state index contributed by atoms with van der Waals surface area (Å²) in [6.07, 6.45) is 1.37. The fourth-order valence-electron chi connectivity index (χ4n) is 2.72. The van der Waals surface area contributed by atoms with Gasteiger partial charge in [0.15, 0.2) is 0 Å². The first-order chi connectivity index (χ1) is 8.43. The number of benzene rings is 1. The van der Waals surface area contributed by atoms with Crippen LogP contribution in [0.4, 0.5) is 0 Å². The number of hydrogen-bond acceptors (Lipinski definition) is 3. The zero-order valence-electron chi connectivity index (χ0n) is 11.2. The summed E-state index contributed by atoms with van der Waals surface area (Å²) >= 11 is 0. The monoisotopic (exact) mass is 248 g/mol. The number of carbonyl (C=O) groups is 1. The first kappa shape index (κ1) is 13.1. The number of ether oxygens (including phenoxy) is 1. The minimum absolute atomic E-state index is 0.333. The van der Waals surface area contributed by atoms with Crippen molar-refractivity contribution in [3.63, 3.8) is 0 Å². The molecule has 0 bridgehead atoms. The molecular formula is C15H20O3. The van der Waals surface area contributed by atoms with E-state index in [-0.39, 0.29) is 5.97 Å². The largest absolute Gasteiger partial charge is 0.465 e. The van der Waals surface area contributed by atoms with Gasteiger partial charge in [-0.25, -0.2) is 0 Å². The Morgan fingerprint density at radius 1 is 1.44 bits per heavy atom. The van der Waals surface area contributed by atoms with E-state index in [1.165, 1.54) is 0 Å². The average molecular weight is 248 g/mol. The predicted octanol–water partition coefficient (Wildman–Crippen LogP) is 2.41. The van der Waals surface area contributed by atoms with Gasteiger partial charge in [0.25, 0.3) is 0 Å². The predicted molar refractivity (Wildman–Crippen MR) is 69.1 cm³/mol. The van der Waals surface area contributed by atoms with Gasteiger partial charge >= 0.3 is 5.97 Å². The van der Waals surface area contributed by atoms with Crippen LogP contribution in [0.25, 0.3) is 0 Å². The van der Waals surface area contributed by atoms with Crippen LogP contribution in [-0.2, 0) is 21.6 Å². The molecule has 1 N–H and O–H groups in total. The first-order valence-corrected chi connectivity index (χ1v) is 6.41. The van der Waals surface area contributed by atoms with Crippen molar-refractivity contribution in [2.24, 2.45) is 5.41 Å². The third-order valence-corrected chi connectivity index (χ3v) is 4.04. The molecule has 0 spiro atoms. The maximum Gasteiger partial charge on any atom is 0.314 e. The Hall–Kier alpha value is -1.35. The fraction of sp³-hybridized carbons (Fsp3) is 0.533. The topological polar surface area (TPSA) is 46.5 Å². The van der Waals surface area contributed by atoms with Crippen molar-refractivity contribution in [1.82, 2.24) is 0 Å². The number of hydrogen-bond donors (Lipinski definition) is 1. The molecular weight excluding hydrogens is 228 g/mol. The van der Waals surface area contributed by atoms with Crippen molar-refractivity contribution in [1.29, 1.82) is 0 Å². The Balaban J connectivity index is 2.42. The van der Waals surface area contributed by atoms with Crippen molar-refractivity contribution < 1.29 is 14.6 Å². The van der Waals surface area contributed by atoms with Crippen molar-refractivity contribution in [3.8, 4) is 0 Å². The lowest BCUT2D eigenvalue weighted by atomic mass is 9.71. The number of aryl methyl sites for hydroxylation is 1. The highest BCUT2D eigenvalue weighted by molar-refractivity contribution is 5.78. The molecule has 1 unspecified atom stereocenters. The lowest BCUT2D eigenvalue weighted by Crippen LogP contribution is -2.46. The zero-order valence-corrected chi connectivity index (χ0v) is 11.2. The Morgan fingerprint density at radius 2 is 2.11 bits per heavy atom. The summed E-state index contributed by atoms with van der Waals surface area (Å²) in [5, 5.41) is 11.0. The minimum Gasteiger partial charge on any atom is -0.465 e. The Labute approximate surface area is 108 Å². The Morgan fingerprint density at radius 3 is 2.78 bits per heavy atom. The van der Waals surface area contributed by atoms with Crippen LogP contribution in [0.3, 0.4) is 0 Å². The van der Waals surface area contributed by atoms with E-state index >= 15 is 0 Å². The SMILES string of the molecule is CCOC(=O)C(C)(C)C1(O)CCc2ccccc21. The third kappa shape index (κ3) is 1.74. The lowest BCUT2D eigenvalue weighted by Gasteiger charge is -2.38. The summed E-state index contributed by atoms with van der Waals surface area (Å²) in [6.45, 7) is 5.63. The Kier molecular flexibility index (Phi) is 3.20.